The second-order valence-corrected chi connectivity index (χ2v) is 17.4. The Bertz CT molecular complexity index is 1120. The Morgan fingerprint density at radius 3 is 1.42 bits per heavy atom. The van der Waals surface area contributed by atoms with Gasteiger partial charge in [-0.25, -0.2) is 0 Å². The summed E-state index contributed by atoms with van der Waals surface area (Å²) in [6.45, 7) is 4.59. The molecule has 0 amide bonds. The van der Waals surface area contributed by atoms with Crippen molar-refractivity contribution in [3.05, 3.63) is 48.6 Å². The van der Waals surface area contributed by atoms with Crippen molar-refractivity contribution >= 4 is 17.9 Å². The summed E-state index contributed by atoms with van der Waals surface area (Å²) in [6.07, 6.45) is 47.2. The minimum absolute atomic E-state index is 0.139. The zero-order valence-corrected chi connectivity index (χ0v) is 39.3. The summed E-state index contributed by atoms with van der Waals surface area (Å²) in [7, 11) is 5.90. The maximum absolute atomic E-state index is 12.7. The van der Waals surface area contributed by atoms with E-state index in [1.807, 2.05) is 21.1 Å². The molecule has 0 saturated heterocycles. The largest absolute Gasteiger partial charge is 0.545 e. The minimum atomic E-state index is -1.63. The van der Waals surface area contributed by atoms with Crippen LogP contribution in [0.1, 0.15) is 200 Å². The first-order valence-corrected chi connectivity index (χ1v) is 24.3. The Morgan fingerprint density at radius 1 is 0.517 bits per heavy atom. The van der Waals surface area contributed by atoms with Gasteiger partial charge in [-0.1, -0.05) is 184 Å². The molecule has 0 heterocycles. The number of carbonyl (C=O) groups excluding carboxylic acids is 3. The normalized spacial score (nSPS) is 13.3. The first kappa shape index (κ1) is 57.2. The topological polar surface area (TPSA) is 111 Å². The van der Waals surface area contributed by atoms with Crippen molar-refractivity contribution in [3.8, 4) is 0 Å². The molecule has 60 heavy (non-hydrogen) atoms. The quantitative estimate of drug-likeness (QED) is 0.0196. The average molecular weight is 846 g/mol. The maximum atomic E-state index is 12.7. The molecule has 0 bridgehead atoms. The molecule has 0 N–H and O–H groups in total. The fourth-order valence-electron chi connectivity index (χ4n) is 6.59. The lowest BCUT2D eigenvalue weighted by Gasteiger charge is -2.26. The van der Waals surface area contributed by atoms with Crippen LogP contribution in [-0.4, -0.2) is 82.3 Å². The monoisotopic (exact) mass is 846 g/mol. The lowest BCUT2D eigenvalue weighted by Crippen LogP contribution is -2.44. The number of quaternary nitrogens is 1. The predicted octanol–water partition coefficient (Wildman–Crippen LogP) is 11.8. The Labute approximate surface area is 368 Å². The lowest BCUT2D eigenvalue weighted by atomic mass is 10.0. The SMILES string of the molecule is CC/C=C\C/C=C\C/C=C\C/C=C\CCCCC(=O)OC(COC(=O)CCCCCCCCCCCCCCCCCCCCCC)COC(OCC[N+](C)(C)C)C(=O)[O-]. The van der Waals surface area contributed by atoms with Crippen molar-refractivity contribution in [3.63, 3.8) is 0 Å². The highest BCUT2D eigenvalue weighted by molar-refractivity contribution is 5.70. The third-order valence-electron chi connectivity index (χ3n) is 10.3. The molecule has 0 aliphatic heterocycles. The predicted molar refractivity (Wildman–Crippen MR) is 246 cm³/mol. The van der Waals surface area contributed by atoms with Crippen LogP contribution >= 0.6 is 0 Å². The van der Waals surface area contributed by atoms with Gasteiger partial charge in [0.25, 0.3) is 0 Å². The molecule has 0 aromatic heterocycles. The molecule has 0 radical (unpaired) electrons. The summed E-state index contributed by atoms with van der Waals surface area (Å²) < 4.78 is 22.5. The highest BCUT2D eigenvalue weighted by Gasteiger charge is 2.21. The van der Waals surface area contributed by atoms with E-state index < -0.39 is 24.3 Å². The van der Waals surface area contributed by atoms with E-state index in [-0.39, 0.29) is 38.6 Å². The number of carboxylic acids is 1. The molecule has 0 aromatic carbocycles. The summed E-state index contributed by atoms with van der Waals surface area (Å²) >= 11 is 0. The molecule has 2 unspecified atom stereocenters. The van der Waals surface area contributed by atoms with E-state index in [0.717, 1.165) is 57.8 Å². The molecule has 0 aliphatic carbocycles. The molecule has 348 valence electrons. The van der Waals surface area contributed by atoms with Crippen LogP contribution in [-0.2, 0) is 33.3 Å². The first-order valence-electron chi connectivity index (χ1n) is 24.3. The van der Waals surface area contributed by atoms with Gasteiger partial charge in [-0.2, -0.15) is 0 Å². The molecule has 0 rings (SSSR count). The maximum Gasteiger partial charge on any atom is 0.306 e. The number of carboxylic acid groups (broad SMARTS) is 1. The smallest absolute Gasteiger partial charge is 0.306 e. The zero-order valence-electron chi connectivity index (χ0n) is 39.3. The zero-order chi connectivity index (χ0) is 44.2. The number of aliphatic carboxylic acids is 1. The van der Waals surface area contributed by atoms with Crippen molar-refractivity contribution in [1.29, 1.82) is 0 Å². The van der Waals surface area contributed by atoms with E-state index >= 15 is 0 Å². The van der Waals surface area contributed by atoms with Crippen molar-refractivity contribution in [1.82, 2.24) is 0 Å². The highest BCUT2D eigenvalue weighted by Crippen LogP contribution is 2.16. The second kappa shape index (κ2) is 42.9. The number of hydrogen-bond donors (Lipinski definition) is 0. The van der Waals surface area contributed by atoms with Crippen LogP contribution in [0.15, 0.2) is 48.6 Å². The van der Waals surface area contributed by atoms with Crippen LogP contribution in [0.2, 0.25) is 0 Å². The molecule has 9 heteroatoms. The number of carbonyl (C=O) groups is 3. The first-order chi connectivity index (χ1) is 29.1. The third kappa shape index (κ3) is 43.3. The second-order valence-electron chi connectivity index (χ2n) is 17.4. The number of unbranched alkanes of at least 4 members (excludes halogenated alkanes) is 21. The standard InChI is InChI=1S/C51H91NO8/c1-6-8-10-12-14-16-18-20-22-23-24-25-26-28-29-31-33-35-37-39-41-48(53)58-45-47(46-59-51(50(55)56)57-44-43-52(3,4)5)60-49(54)42-40-38-36-34-32-30-27-21-19-17-15-13-11-9-7-2/h9,11,15,17,21,27,32,34,47,51H,6-8,10,12-14,16,18-20,22-26,28-31,33,35-46H2,1-5H3/b11-9-,17-15-,27-21-,34-32-. The lowest BCUT2D eigenvalue weighted by molar-refractivity contribution is -0.870. The molecule has 0 saturated carbocycles. The van der Waals surface area contributed by atoms with Crippen LogP contribution in [0.4, 0.5) is 0 Å². The summed E-state index contributed by atoms with van der Waals surface area (Å²) in [6, 6.07) is 0. The Hall–Kier alpha value is -2.75. The van der Waals surface area contributed by atoms with Gasteiger partial charge >= 0.3 is 11.9 Å². The average Bonchev–Trinajstić information content (AvgIpc) is 3.21. The van der Waals surface area contributed by atoms with Crippen LogP contribution in [0.3, 0.4) is 0 Å². The fourth-order valence-corrected chi connectivity index (χ4v) is 6.59. The van der Waals surface area contributed by atoms with E-state index in [9.17, 15) is 19.5 Å². The number of ether oxygens (including phenoxy) is 4. The number of likely N-dealkylation sites (N-methyl/N-ethyl adjacent to an activating group) is 1. The summed E-state index contributed by atoms with van der Waals surface area (Å²) in [4.78, 5) is 37.0. The summed E-state index contributed by atoms with van der Waals surface area (Å²) in [5.74, 6) is -2.34. The van der Waals surface area contributed by atoms with E-state index in [4.69, 9.17) is 18.9 Å². The Kier molecular flexibility index (Phi) is 41.0. The van der Waals surface area contributed by atoms with Gasteiger partial charge in [0.1, 0.15) is 13.2 Å². The molecule has 9 nitrogen and oxygen atoms in total. The van der Waals surface area contributed by atoms with Gasteiger partial charge in [-0.15, -0.1) is 0 Å². The number of nitrogens with zero attached hydrogens (tertiary/aromatic N) is 1. The van der Waals surface area contributed by atoms with E-state index in [2.05, 4.69) is 62.5 Å². The van der Waals surface area contributed by atoms with Gasteiger partial charge in [0, 0.05) is 12.8 Å². The molecule has 0 fully saturated rings. The van der Waals surface area contributed by atoms with Crippen LogP contribution < -0.4 is 5.11 Å². The molecular weight excluding hydrogens is 755 g/mol. The van der Waals surface area contributed by atoms with Gasteiger partial charge in [0.15, 0.2) is 12.4 Å². The van der Waals surface area contributed by atoms with Crippen molar-refractivity contribution in [2.45, 2.75) is 212 Å². The van der Waals surface area contributed by atoms with Crippen LogP contribution in [0.5, 0.6) is 0 Å². The Morgan fingerprint density at radius 2 is 0.950 bits per heavy atom. The Balaban J connectivity index is 4.38. The van der Waals surface area contributed by atoms with E-state index in [1.165, 1.54) is 109 Å². The number of esters is 2. The highest BCUT2D eigenvalue weighted by atomic mass is 16.7. The van der Waals surface area contributed by atoms with Gasteiger partial charge in [-0.05, 0) is 51.4 Å². The molecule has 0 aliphatic rings. The van der Waals surface area contributed by atoms with Crippen LogP contribution in [0, 0.1) is 0 Å². The van der Waals surface area contributed by atoms with E-state index in [1.54, 1.807) is 0 Å². The van der Waals surface area contributed by atoms with Crippen LogP contribution in [0.25, 0.3) is 0 Å². The molecule has 0 spiro atoms. The third-order valence-corrected chi connectivity index (χ3v) is 10.3. The fraction of sp³-hybridized carbons (Fsp3) is 0.784. The summed E-state index contributed by atoms with van der Waals surface area (Å²) in [5, 5.41) is 11.7. The molecule has 0 aromatic rings. The molecule has 2 atom stereocenters. The van der Waals surface area contributed by atoms with Gasteiger partial charge < -0.3 is 33.3 Å². The van der Waals surface area contributed by atoms with Crippen molar-refractivity contribution in [2.75, 3.05) is 47.5 Å². The number of hydrogen-bond acceptors (Lipinski definition) is 8. The van der Waals surface area contributed by atoms with E-state index in [0.29, 0.717) is 17.4 Å². The number of allylic oxidation sites excluding steroid dienone is 8. The van der Waals surface area contributed by atoms with Gasteiger partial charge in [0.2, 0.25) is 0 Å². The van der Waals surface area contributed by atoms with Gasteiger partial charge in [0.05, 0.1) is 40.3 Å². The van der Waals surface area contributed by atoms with Crippen molar-refractivity contribution < 1.29 is 42.9 Å². The molecular formula is C51H91NO8. The minimum Gasteiger partial charge on any atom is -0.545 e. The number of rotatable bonds is 44. The summed E-state index contributed by atoms with van der Waals surface area (Å²) in [5.41, 5.74) is 0. The van der Waals surface area contributed by atoms with Crippen molar-refractivity contribution in [2.24, 2.45) is 0 Å². The van der Waals surface area contributed by atoms with Gasteiger partial charge in [-0.3, -0.25) is 9.59 Å².